The predicted molar refractivity (Wildman–Crippen MR) is 65.5 cm³/mol. The van der Waals surface area contributed by atoms with E-state index < -0.39 is 10.7 Å². The number of hydrogen-bond acceptors (Lipinski definition) is 4. The molecule has 19 heavy (non-hydrogen) atoms. The number of ether oxygens (including phenoxy) is 1. The summed E-state index contributed by atoms with van der Waals surface area (Å²) in [7, 11) is 0. The number of benzene rings is 1. The van der Waals surface area contributed by atoms with Crippen LogP contribution in [0.5, 0.6) is 5.75 Å². The first-order valence-corrected chi connectivity index (χ1v) is 5.63. The zero-order valence-corrected chi connectivity index (χ0v) is 10.2. The van der Waals surface area contributed by atoms with Gasteiger partial charge in [-0.3, -0.25) is 0 Å². The van der Waals surface area contributed by atoms with Gasteiger partial charge in [0.25, 0.3) is 0 Å². The Kier molecular flexibility index (Phi) is 3.74. The highest BCUT2D eigenvalue weighted by atomic mass is 19.1. The Morgan fingerprint density at radius 3 is 2.89 bits per heavy atom. The van der Waals surface area contributed by atoms with Crippen LogP contribution in [0.25, 0.3) is 0 Å². The molecule has 2 rings (SSSR count). The molecular weight excluding hydrogens is 253 g/mol. The quantitative estimate of drug-likeness (QED) is 0.614. The number of nitro groups is 1. The summed E-state index contributed by atoms with van der Waals surface area (Å²) >= 11 is 0. The molecule has 100 valence electrons. The first-order chi connectivity index (χ1) is 9.09. The van der Waals surface area contributed by atoms with E-state index in [2.05, 4.69) is 4.98 Å². The van der Waals surface area contributed by atoms with Gasteiger partial charge in [-0.2, -0.15) is 0 Å². The monoisotopic (exact) mass is 265 g/mol. The lowest BCUT2D eigenvalue weighted by atomic mass is 10.3. The van der Waals surface area contributed by atoms with E-state index in [0.29, 0.717) is 5.82 Å². The summed E-state index contributed by atoms with van der Waals surface area (Å²) in [5.41, 5.74) is 0. The van der Waals surface area contributed by atoms with Gasteiger partial charge in [-0.15, -0.1) is 0 Å². The summed E-state index contributed by atoms with van der Waals surface area (Å²) in [6.07, 6.45) is 1.19. The maximum absolute atomic E-state index is 13.3. The Morgan fingerprint density at radius 1 is 1.47 bits per heavy atom. The average molecular weight is 265 g/mol. The zero-order chi connectivity index (χ0) is 13.8. The molecule has 0 spiro atoms. The van der Waals surface area contributed by atoms with Crippen molar-refractivity contribution in [1.82, 2.24) is 9.55 Å². The summed E-state index contributed by atoms with van der Waals surface area (Å²) in [6.45, 7) is 2.02. The highest BCUT2D eigenvalue weighted by Crippen LogP contribution is 2.17. The van der Waals surface area contributed by atoms with Crippen molar-refractivity contribution in [3.05, 3.63) is 52.2 Å². The van der Waals surface area contributed by atoms with Gasteiger partial charge in [0.05, 0.1) is 0 Å². The second-order valence-corrected chi connectivity index (χ2v) is 3.85. The maximum Gasteiger partial charge on any atom is 0.342 e. The molecule has 0 unspecified atom stereocenters. The number of nitrogens with zero attached hydrogens (tertiary/aromatic N) is 3. The summed E-state index contributed by atoms with van der Waals surface area (Å²) < 4.78 is 20.0. The topological polar surface area (TPSA) is 70.2 Å². The van der Waals surface area contributed by atoms with Crippen LogP contribution in [-0.2, 0) is 6.54 Å². The molecule has 0 fully saturated rings. The van der Waals surface area contributed by atoms with E-state index in [4.69, 9.17) is 4.74 Å². The second-order valence-electron chi connectivity index (χ2n) is 3.85. The molecule has 0 N–H and O–H groups in total. The fraction of sp³-hybridized carbons (Fsp3) is 0.250. The fourth-order valence-corrected chi connectivity index (χ4v) is 1.69. The molecule has 0 bridgehead atoms. The fourth-order valence-electron chi connectivity index (χ4n) is 1.69. The number of imidazole rings is 1. The summed E-state index contributed by atoms with van der Waals surface area (Å²) in [6, 6.07) is 6.02. The van der Waals surface area contributed by atoms with Gasteiger partial charge in [-0.25, -0.2) is 13.9 Å². The number of halogens is 1. The summed E-state index contributed by atoms with van der Waals surface area (Å²) in [4.78, 5) is 14.1. The molecule has 7 heteroatoms. The van der Waals surface area contributed by atoms with Crippen LogP contribution in [0.15, 0.2) is 30.5 Å². The minimum absolute atomic E-state index is 0.102. The Labute approximate surface area is 108 Å². The van der Waals surface area contributed by atoms with Crippen LogP contribution in [0.3, 0.4) is 0 Å². The molecule has 0 saturated carbocycles. The molecule has 0 saturated heterocycles. The standard InChI is InChI=1S/C12H12FN3O3/c1-9-14-8-12(16(17)18)15(9)6-7-19-11-5-3-2-4-10(11)13/h2-5,8H,6-7H2,1H3. The average Bonchev–Trinajstić information content (AvgIpc) is 2.74. The van der Waals surface area contributed by atoms with Crippen molar-refractivity contribution in [2.75, 3.05) is 6.61 Å². The van der Waals surface area contributed by atoms with Crippen LogP contribution in [0.2, 0.25) is 0 Å². The Balaban J connectivity index is 2.02. The third kappa shape index (κ3) is 2.87. The number of aryl methyl sites for hydroxylation is 1. The highest BCUT2D eigenvalue weighted by molar-refractivity contribution is 5.23. The van der Waals surface area contributed by atoms with Crippen LogP contribution in [0.1, 0.15) is 5.82 Å². The highest BCUT2D eigenvalue weighted by Gasteiger charge is 2.17. The van der Waals surface area contributed by atoms with Gasteiger partial charge < -0.3 is 14.9 Å². The molecule has 1 aromatic heterocycles. The van der Waals surface area contributed by atoms with Crippen LogP contribution in [-0.4, -0.2) is 21.1 Å². The molecule has 6 nitrogen and oxygen atoms in total. The molecule has 0 aliphatic rings. The van der Waals surface area contributed by atoms with Gasteiger partial charge in [-0.05, 0) is 17.1 Å². The molecule has 1 aromatic carbocycles. The SMILES string of the molecule is Cc1ncc([N+](=O)[O-])n1CCOc1ccccc1F. The predicted octanol–water partition coefficient (Wildman–Crippen LogP) is 2.32. The molecule has 2 aromatic rings. The van der Waals surface area contributed by atoms with E-state index >= 15 is 0 Å². The van der Waals surface area contributed by atoms with E-state index in [0.717, 1.165) is 0 Å². The lowest BCUT2D eigenvalue weighted by Gasteiger charge is -2.07. The van der Waals surface area contributed by atoms with Gasteiger partial charge in [-0.1, -0.05) is 12.1 Å². The first-order valence-electron chi connectivity index (χ1n) is 5.63. The Bertz CT molecular complexity index is 598. The van der Waals surface area contributed by atoms with Crippen LogP contribution in [0, 0.1) is 22.9 Å². The Hall–Kier alpha value is -2.44. The lowest BCUT2D eigenvalue weighted by Crippen LogP contribution is -2.12. The molecule has 0 aliphatic carbocycles. The summed E-state index contributed by atoms with van der Waals surface area (Å²) in [5.74, 6) is 0.0840. The van der Waals surface area contributed by atoms with Gasteiger partial charge in [0.15, 0.2) is 17.4 Å². The first kappa shape index (κ1) is 13.0. The number of rotatable bonds is 5. The Morgan fingerprint density at radius 2 is 2.21 bits per heavy atom. The van der Waals surface area contributed by atoms with E-state index in [1.807, 2.05) is 0 Å². The largest absolute Gasteiger partial charge is 0.486 e. The molecule has 0 radical (unpaired) electrons. The third-order valence-corrected chi connectivity index (χ3v) is 2.63. The molecule has 0 amide bonds. The van der Waals surface area contributed by atoms with Crippen molar-refractivity contribution in [1.29, 1.82) is 0 Å². The van der Waals surface area contributed by atoms with Crippen LogP contribution < -0.4 is 4.74 Å². The van der Waals surface area contributed by atoms with Crippen LogP contribution in [0.4, 0.5) is 10.2 Å². The van der Waals surface area contributed by atoms with E-state index in [-0.39, 0.29) is 24.7 Å². The van der Waals surface area contributed by atoms with E-state index in [1.54, 1.807) is 19.1 Å². The number of aromatic nitrogens is 2. The number of para-hydroxylation sites is 1. The molecule has 0 atom stereocenters. The molecule has 1 heterocycles. The second kappa shape index (κ2) is 5.47. The van der Waals surface area contributed by atoms with Gasteiger partial charge in [0, 0.05) is 6.92 Å². The van der Waals surface area contributed by atoms with Crippen molar-refractivity contribution in [3.8, 4) is 5.75 Å². The van der Waals surface area contributed by atoms with Crippen LogP contribution >= 0.6 is 0 Å². The smallest absolute Gasteiger partial charge is 0.342 e. The van der Waals surface area contributed by atoms with Gasteiger partial charge in [0.1, 0.15) is 19.3 Å². The van der Waals surface area contributed by atoms with E-state index in [9.17, 15) is 14.5 Å². The van der Waals surface area contributed by atoms with Crippen molar-refractivity contribution in [3.63, 3.8) is 0 Å². The van der Waals surface area contributed by atoms with Gasteiger partial charge >= 0.3 is 5.82 Å². The van der Waals surface area contributed by atoms with Crippen molar-refractivity contribution in [2.24, 2.45) is 0 Å². The lowest BCUT2D eigenvalue weighted by molar-refractivity contribution is -0.392. The summed E-state index contributed by atoms with van der Waals surface area (Å²) in [5, 5.41) is 10.8. The maximum atomic E-state index is 13.3. The minimum atomic E-state index is -0.511. The van der Waals surface area contributed by atoms with Gasteiger partial charge in [0.2, 0.25) is 0 Å². The third-order valence-electron chi connectivity index (χ3n) is 2.63. The minimum Gasteiger partial charge on any atom is -0.486 e. The van der Waals surface area contributed by atoms with Crippen molar-refractivity contribution < 1.29 is 14.1 Å². The number of hydrogen-bond donors (Lipinski definition) is 0. The molecule has 0 aliphatic heterocycles. The molecular formula is C12H12FN3O3. The van der Waals surface area contributed by atoms with Crippen molar-refractivity contribution >= 4 is 5.82 Å². The zero-order valence-electron chi connectivity index (χ0n) is 10.2. The van der Waals surface area contributed by atoms with E-state index in [1.165, 1.54) is 22.9 Å². The van der Waals surface area contributed by atoms with Crippen molar-refractivity contribution in [2.45, 2.75) is 13.5 Å². The normalized spacial score (nSPS) is 10.4.